The number of rotatable bonds is 3. The number of nitro benzene ring substituents is 1. The molecule has 1 amide bonds. The lowest BCUT2D eigenvalue weighted by atomic mass is 9.85. The largest absolute Gasteiger partial charge is 0.508 e. The first-order valence-electron chi connectivity index (χ1n) is 5.97. The summed E-state index contributed by atoms with van der Waals surface area (Å²) in [6.07, 6.45) is 0. The Kier molecular flexibility index (Phi) is 3.60. The van der Waals surface area contributed by atoms with Gasteiger partial charge < -0.3 is 20.9 Å². The van der Waals surface area contributed by atoms with Crippen LogP contribution in [0.2, 0.25) is 0 Å². The van der Waals surface area contributed by atoms with Crippen molar-refractivity contribution in [1.82, 2.24) is 0 Å². The molecule has 0 bridgehead atoms. The monoisotopic (exact) mass is 281 g/mol. The standard InChI is InChI=1S/C12H15N3O5/c1-12(6-20-5-10(12)13)11(17)14-8-3-2-7(16)4-9(8)15(18)19/h2-4,10,16H,5-6,13H2,1H3,(H,14,17). The molecule has 8 nitrogen and oxygen atoms in total. The number of anilines is 1. The van der Waals surface area contributed by atoms with Crippen molar-refractivity contribution in [3.8, 4) is 5.75 Å². The zero-order valence-corrected chi connectivity index (χ0v) is 10.8. The average Bonchev–Trinajstić information content (AvgIpc) is 2.73. The molecule has 1 aliphatic rings. The van der Waals surface area contributed by atoms with Gasteiger partial charge in [-0.2, -0.15) is 0 Å². The van der Waals surface area contributed by atoms with Crippen LogP contribution in [-0.2, 0) is 9.53 Å². The molecule has 0 aromatic heterocycles. The third kappa shape index (κ3) is 2.43. The number of amides is 1. The van der Waals surface area contributed by atoms with E-state index >= 15 is 0 Å². The van der Waals surface area contributed by atoms with Crippen LogP contribution in [0, 0.1) is 15.5 Å². The van der Waals surface area contributed by atoms with E-state index in [4.69, 9.17) is 10.5 Å². The Labute approximate surface area is 114 Å². The van der Waals surface area contributed by atoms with Gasteiger partial charge in [0.1, 0.15) is 11.4 Å². The zero-order valence-electron chi connectivity index (χ0n) is 10.8. The number of hydrogen-bond donors (Lipinski definition) is 3. The number of nitrogens with two attached hydrogens (primary N) is 1. The van der Waals surface area contributed by atoms with Gasteiger partial charge in [0.2, 0.25) is 5.91 Å². The minimum Gasteiger partial charge on any atom is -0.508 e. The van der Waals surface area contributed by atoms with E-state index in [1.165, 1.54) is 12.1 Å². The van der Waals surface area contributed by atoms with E-state index in [9.17, 15) is 20.0 Å². The van der Waals surface area contributed by atoms with E-state index in [-0.39, 0.29) is 30.3 Å². The van der Waals surface area contributed by atoms with E-state index in [1.54, 1.807) is 6.92 Å². The quantitative estimate of drug-likeness (QED) is 0.423. The van der Waals surface area contributed by atoms with Crippen LogP contribution in [0.5, 0.6) is 5.75 Å². The smallest absolute Gasteiger partial charge is 0.296 e. The van der Waals surface area contributed by atoms with E-state index in [0.29, 0.717) is 0 Å². The van der Waals surface area contributed by atoms with E-state index in [0.717, 1.165) is 6.07 Å². The molecule has 1 aromatic carbocycles. The average molecular weight is 281 g/mol. The summed E-state index contributed by atoms with van der Waals surface area (Å²) in [6.45, 7) is 2.07. The maximum absolute atomic E-state index is 12.3. The SMILES string of the molecule is CC1(C(=O)Nc2ccc(O)cc2[N+](=O)[O-])COCC1N. The molecule has 2 atom stereocenters. The second-order valence-electron chi connectivity index (χ2n) is 4.95. The Morgan fingerprint density at radius 2 is 2.35 bits per heavy atom. The van der Waals surface area contributed by atoms with Gasteiger partial charge in [-0.05, 0) is 19.1 Å². The van der Waals surface area contributed by atoms with Crippen LogP contribution in [0.15, 0.2) is 18.2 Å². The summed E-state index contributed by atoms with van der Waals surface area (Å²) in [6, 6.07) is 3.04. The second kappa shape index (κ2) is 5.06. The summed E-state index contributed by atoms with van der Waals surface area (Å²) in [7, 11) is 0. The highest BCUT2D eigenvalue weighted by atomic mass is 16.6. The lowest BCUT2D eigenvalue weighted by Crippen LogP contribution is -2.47. The number of hydrogen-bond acceptors (Lipinski definition) is 6. The molecule has 1 saturated heterocycles. The molecule has 0 radical (unpaired) electrons. The number of carbonyl (C=O) groups is 1. The van der Waals surface area contributed by atoms with Crippen LogP contribution in [0.3, 0.4) is 0 Å². The fraction of sp³-hybridized carbons (Fsp3) is 0.417. The van der Waals surface area contributed by atoms with Crippen molar-refractivity contribution in [1.29, 1.82) is 0 Å². The number of phenols is 1. The first-order valence-corrected chi connectivity index (χ1v) is 5.97. The molecule has 1 fully saturated rings. The molecule has 1 aliphatic heterocycles. The van der Waals surface area contributed by atoms with Crippen LogP contribution < -0.4 is 11.1 Å². The Balaban J connectivity index is 2.26. The van der Waals surface area contributed by atoms with Gasteiger partial charge in [0, 0.05) is 6.04 Å². The van der Waals surface area contributed by atoms with Crippen LogP contribution in [0.25, 0.3) is 0 Å². The van der Waals surface area contributed by atoms with E-state index in [1.807, 2.05) is 0 Å². The van der Waals surface area contributed by atoms with Crippen LogP contribution in [-0.4, -0.2) is 35.2 Å². The first-order chi connectivity index (χ1) is 9.34. The summed E-state index contributed by atoms with van der Waals surface area (Å²) < 4.78 is 5.17. The van der Waals surface area contributed by atoms with Crippen LogP contribution in [0.4, 0.5) is 11.4 Å². The number of carbonyl (C=O) groups excluding carboxylic acids is 1. The Morgan fingerprint density at radius 1 is 1.65 bits per heavy atom. The minimum atomic E-state index is -0.939. The third-order valence-electron chi connectivity index (χ3n) is 3.46. The molecule has 2 unspecified atom stereocenters. The number of phenolic OH excluding ortho intramolecular Hbond substituents is 1. The van der Waals surface area contributed by atoms with Crippen molar-refractivity contribution in [2.45, 2.75) is 13.0 Å². The number of nitro groups is 1. The topological polar surface area (TPSA) is 128 Å². The maximum atomic E-state index is 12.3. The fourth-order valence-corrected chi connectivity index (χ4v) is 1.96. The third-order valence-corrected chi connectivity index (χ3v) is 3.46. The molecule has 1 heterocycles. The van der Waals surface area contributed by atoms with Crippen molar-refractivity contribution in [3.63, 3.8) is 0 Å². The molecule has 4 N–H and O–H groups in total. The van der Waals surface area contributed by atoms with Gasteiger partial charge in [0.15, 0.2) is 0 Å². The number of nitrogens with zero attached hydrogens (tertiary/aromatic N) is 1. The van der Waals surface area contributed by atoms with Crippen LogP contribution >= 0.6 is 0 Å². The van der Waals surface area contributed by atoms with Crippen molar-refractivity contribution in [3.05, 3.63) is 28.3 Å². The van der Waals surface area contributed by atoms with Crippen LogP contribution in [0.1, 0.15) is 6.92 Å². The van der Waals surface area contributed by atoms with Gasteiger partial charge in [-0.3, -0.25) is 14.9 Å². The minimum absolute atomic E-state index is 0.0122. The van der Waals surface area contributed by atoms with E-state index in [2.05, 4.69) is 5.32 Å². The normalized spacial score (nSPS) is 25.4. The molecule has 108 valence electrons. The van der Waals surface area contributed by atoms with Crippen molar-refractivity contribution >= 4 is 17.3 Å². The van der Waals surface area contributed by atoms with Gasteiger partial charge in [-0.25, -0.2) is 0 Å². The summed E-state index contributed by atoms with van der Waals surface area (Å²) in [4.78, 5) is 22.5. The van der Waals surface area contributed by atoms with Crippen molar-refractivity contribution < 1.29 is 19.6 Å². The molecule has 0 spiro atoms. The maximum Gasteiger partial charge on any atom is 0.296 e. The Morgan fingerprint density at radius 3 is 2.90 bits per heavy atom. The Bertz CT molecular complexity index is 562. The second-order valence-corrected chi connectivity index (χ2v) is 4.95. The first kappa shape index (κ1) is 14.2. The number of benzene rings is 1. The molecule has 0 aliphatic carbocycles. The van der Waals surface area contributed by atoms with E-state index < -0.39 is 22.3 Å². The number of nitrogens with one attached hydrogen (secondary N) is 1. The Hall–Kier alpha value is -2.19. The molecular weight excluding hydrogens is 266 g/mol. The highest BCUT2D eigenvalue weighted by molar-refractivity contribution is 5.97. The highest BCUT2D eigenvalue weighted by Crippen LogP contribution is 2.32. The fourth-order valence-electron chi connectivity index (χ4n) is 1.96. The van der Waals surface area contributed by atoms with Gasteiger partial charge in [0.05, 0.1) is 29.6 Å². The van der Waals surface area contributed by atoms with Gasteiger partial charge >= 0.3 is 0 Å². The number of aromatic hydroxyl groups is 1. The lowest BCUT2D eigenvalue weighted by molar-refractivity contribution is -0.384. The van der Waals surface area contributed by atoms with Crippen molar-refractivity contribution in [2.75, 3.05) is 18.5 Å². The molecular formula is C12H15N3O5. The molecule has 1 aromatic rings. The summed E-state index contributed by atoms with van der Waals surface area (Å²) in [5, 5.41) is 22.7. The lowest BCUT2D eigenvalue weighted by Gasteiger charge is -2.25. The number of ether oxygens (including phenoxy) is 1. The highest BCUT2D eigenvalue weighted by Gasteiger charge is 2.44. The van der Waals surface area contributed by atoms with Gasteiger partial charge in [0.25, 0.3) is 5.69 Å². The van der Waals surface area contributed by atoms with Crippen molar-refractivity contribution in [2.24, 2.45) is 11.1 Å². The predicted molar refractivity (Wildman–Crippen MR) is 70.3 cm³/mol. The summed E-state index contributed by atoms with van der Waals surface area (Å²) in [5.74, 6) is -0.696. The predicted octanol–water partition coefficient (Wildman–Crippen LogP) is 0.603. The zero-order chi connectivity index (χ0) is 14.9. The van der Waals surface area contributed by atoms with Gasteiger partial charge in [-0.1, -0.05) is 0 Å². The van der Waals surface area contributed by atoms with Gasteiger partial charge in [-0.15, -0.1) is 0 Å². The summed E-state index contributed by atoms with van der Waals surface area (Å²) in [5.41, 5.74) is 4.52. The molecule has 2 rings (SSSR count). The summed E-state index contributed by atoms with van der Waals surface area (Å²) >= 11 is 0. The molecule has 20 heavy (non-hydrogen) atoms. The molecule has 8 heteroatoms. The molecule has 0 saturated carbocycles.